The number of benzene rings is 2. The van der Waals surface area contributed by atoms with Gasteiger partial charge in [0, 0.05) is 24.6 Å². The zero-order valence-electron chi connectivity index (χ0n) is 13.5. The van der Waals surface area contributed by atoms with E-state index in [0.29, 0.717) is 25.2 Å². The Kier molecular flexibility index (Phi) is 3.73. The number of imidazole rings is 1. The smallest absolute Gasteiger partial charge is 0.227 e. The zero-order valence-corrected chi connectivity index (χ0v) is 13.5. The molecule has 1 amide bonds. The van der Waals surface area contributed by atoms with Gasteiger partial charge in [-0.3, -0.25) is 4.79 Å². The van der Waals surface area contributed by atoms with Gasteiger partial charge >= 0.3 is 0 Å². The van der Waals surface area contributed by atoms with Crippen LogP contribution in [0.5, 0.6) is 0 Å². The maximum atomic E-state index is 13.1. The first kappa shape index (κ1) is 15.4. The highest BCUT2D eigenvalue weighted by Crippen LogP contribution is 2.33. The molecule has 1 aliphatic heterocycles. The lowest BCUT2D eigenvalue weighted by atomic mass is 10.1. The standard InChI is InChI=1S/C20H16FN3O/c1-2-11-23-18-6-4-3-5-17(18)22-20(23)14-12-19(25)24(13-14)16-9-7-15(21)8-10-16/h1,3-10,14H,11-13H2/t14-/m1/s1. The van der Waals surface area contributed by atoms with Gasteiger partial charge in [-0.15, -0.1) is 6.42 Å². The number of para-hydroxylation sites is 2. The first-order chi connectivity index (χ1) is 12.2. The van der Waals surface area contributed by atoms with Crippen molar-refractivity contribution in [2.24, 2.45) is 0 Å². The molecule has 4 rings (SSSR count). The second-order valence-electron chi connectivity index (χ2n) is 6.13. The van der Waals surface area contributed by atoms with Crippen LogP contribution in [0.2, 0.25) is 0 Å². The van der Waals surface area contributed by atoms with Crippen LogP contribution in [0.4, 0.5) is 10.1 Å². The maximum absolute atomic E-state index is 13.1. The van der Waals surface area contributed by atoms with Crippen molar-refractivity contribution in [3.8, 4) is 12.3 Å². The summed E-state index contributed by atoms with van der Waals surface area (Å²) >= 11 is 0. The highest BCUT2D eigenvalue weighted by Gasteiger charge is 2.34. The van der Waals surface area contributed by atoms with Crippen LogP contribution in [0.3, 0.4) is 0 Å². The summed E-state index contributed by atoms with van der Waals surface area (Å²) < 4.78 is 15.1. The molecule has 2 heterocycles. The average molecular weight is 333 g/mol. The van der Waals surface area contributed by atoms with Crippen LogP contribution in [0.15, 0.2) is 48.5 Å². The Balaban J connectivity index is 1.70. The summed E-state index contributed by atoms with van der Waals surface area (Å²) in [4.78, 5) is 18.9. The molecule has 2 aromatic carbocycles. The zero-order chi connectivity index (χ0) is 17.4. The Hall–Kier alpha value is -3.13. The van der Waals surface area contributed by atoms with E-state index in [0.717, 1.165) is 16.9 Å². The van der Waals surface area contributed by atoms with Gasteiger partial charge in [0.2, 0.25) is 5.91 Å². The number of anilines is 1. The average Bonchev–Trinajstić information content (AvgIpc) is 3.17. The van der Waals surface area contributed by atoms with Crippen LogP contribution in [-0.2, 0) is 11.3 Å². The minimum Gasteiger partial charge on any atom is -0.316 e. The third-order valence-corrected chi connectivity index (χ3v) is 4.56. The van der Waals surface area contributed by atoms with Gasteiger partial charge in [-0.2, -0.15) is 0 Å². The molecular formula is C20H16FN3O. The summed E-state index contributed by atoms with van der Waals surface area (Å²) in [6.45, 7) is 0.926. The summed E-state index contributed by atoms with van der Waals surface area (Å²) in [7, 11) is 0. The predicted molar refractivity (Wildman–Crippen MR) is 94.7 cm³/mol. The molecule has 124 valence electrons. The van der Waals surface area contributed by atoms with E-state index in [1.165, 1.54) is 12.1 Å². The quantitative estimate of drug-likeness (QED) is 0.690. The largest absolute Gasteiger partial charge is 0.316 e. The Bertz CT molecular complexity index is 984. The van der Waals surface area contributed by atoms with Gasteiger partial charge in [0.1, 0.15) is 11.6 Å². The fourth-order valence-electron chi connectivity index (χ4n) is 3.41. The first-order valence-electron chi connectivity index (χ1n) is 8.12. The van der Waals surface area contributed by atoms with Crippen molar-refractivity contribution < 1.29 is 9.18 Å². The summed E-state index contributed by atoms with van der Waals surface area (Å²) in [5.41, 5.74) is 2.55. The molecule has 1 aromatic heterocycles. The molecule has 1 saturated heterocycles. The number of hydrogen-bond donors (Lipinski definition) is 0. The lowest BCUT2D eigenvalue weighted by Gasteiger charge is -2.17. The Morgan fingerprint density at radius 1 is 1.20 bits per heavy atom. The minimum absolute atomic E-state index is 0.0101. The van der Waals surface area contributed by atoms with Crippen molar-refractivity contribution in [2.75, 3.05) is 11.4 Å². The fourth-order valence-corrected chi connectivity index (χ4v) is 3.41. The first-order valence-corrected chi connectivity index (χ1v) is 8.12. The van der Waals surface area contributed by atoms with E-state index in [1.807, 2.05) is 28.8 Å². The van der Waals surface area contributed by atoms with E-state index in [9.17, 15) is 9.18 Å². The fraction of sp³-hybridized carbons (Fsp3) is 0.200. The van der Waals surface area contributed by atoms with Crippen LogP contribution >= 0.6 is 0 Å². The van der Waals surface area contributed by atoms with Crippen LogP contribution < -0.4 is 4.90 Å². The number of hydrogen-bond acceptors (Lipinski definition) is 2. The van der Waals surface area contributed by atoms with Crippen molar-refractivity contribution in [3.63, 3.8) is 0 Å². The van der Waals surface area contributed by atoms with Crippen molar-refractivity contribution in [2.45, 2.75) is 18.9 Å². The van der Waals surface area contributed by atoms with Crippen molar-refractivity contribution >= 4 is 22.6 Å². The third-order valence-electron chi connectivity index (χ3n) is 4.56. The summed E-state index contributed by atoms with van der Waals surface area (Å²) in [5, 5.41) is 0. The van der Waals surface area contributed by atoms with Gasteiger partial charge in [-0.05, 0) is 36.4 Å². The van der Waals surface area contributed by atoms with Gasteiger partial charge in [-0.1, -0.05) is 18.1 Å². The molecule has 1 atom stereocenters. The molecule has 0 spiro atoms. The Morgan fingerprint density at radius 3 is 2.72 bits per heavy atom. The van der Waals surface area contributed by atoms with Crippen LogP contribution in [0.25, 0.3) is 11.0 Å². The normalized spacial score (nSPS) is 17.2. The number of amides is 1. The number of terminal acetylenes is 1. The molecule has 4 nitrogen and oxygen atoms in total. The molecular weight excluding hydrogens is 317 g/mol. The molecule has 0 N–H and O–H groups in total. The summed E-state index contributed by atoms with van der Waals surface area (Å²) in [6.07, 6.45) is 5.89. The highest BCUT2D eigenvalue weighted by atomic mass is 19.1. The summed E-state index contributed by atoms with van der Waals surface area (Å²) in [5.74, 6) is 3.15. The molecule has 0 radical (unpaired) electrons. The maximum Gasteiger partial charge on any atom is 0.227 e. The molecule has 1 fully saturated rings. The number of rotatable bonds is 3. The van der Waals surface area contributed by atoms with E-state index in [1.54, 1.807) is 17.0 Å². The van der Waals surface area contributed by atoms with Gasteiger partial charge in [0.25, 0.3) is 0 Å². The second kappa shape index (κ2) is 6.06. The number of carbonyl (C=O) groups is 1. The number of nitrogens with zero attached hydrogens (tertiary/aromatic N) is 3. The van der Waals surface area contributed by atoms with E-state index in [-0.39, 0.29) is 17.6 Å². The van der Waals surface area contributed by atoms with Gasteiger partial charge < -0.3 is 9.47 Å². The van der Waals surface area contributed by atoms with E-state index in [4.69, 9.17) is 11.4 Å². The van der Waals surface area contributed by atoms with Crippen LogP contribution in [0, 0.1) is 18.2 Å². The molecule has 3 aromatic rings. The third kappa shape index (κ3) is 2.66. The minimum atomic E-state index is -0.317. The SMILES string of the molecule is C#CCn1c([C@@H]2CC(=O)N(c3ccc(F)cc3)C2)nc2ccccc21. The number of aromatic nitrogens is 2. The molecule has 0 bridgehead atoms. The Labute approximate surface area is 144 Å². The van der Waals surface area contributed by atoms with Gasteiger partial charge in [-0.25, -0.2) is 9.37 Å². The van der Waals surface area contributed by atoms with Crippen LogP contribution in [-0.4, -0.2) is 22.0 Å². The van der Waals surface area contributed by atoms with Crippen LogP contribution in [0.1, 0.15) is 18.2 Å². The molecule has 1 aliphatic rings. The van der Waals surface area contributed by atoms with Crippen molar-refractivity contribution in [1.82, 2.24) is 9.55 Å². The van der Waals surface area contributed by atoms with E-state index < -0.39 is 0 Å². The monoisotopic (exact) mass is 333 g/mol. The van der Waals surface area contributed by atoms with Gasteiger partial charge in [0.05, 0.1) is 17.6 Å². The lowest BCUT2D eigenvalue weighted by Crippen LogP contribution is -2.24. The lowest BCUT2D eigenvalue weighted by molar-refractivity contribution is -0.117. The molecule has 25 heavy (non-hydrogen) atoms. The van der Waals surface area contributed by atoms with Gasteiger partial charge in [0.15, 0.2) is 0 Å². The van der Waals surface area contributed by atoms with E-state index in [2.05, 4.69) is 5.92 Å². The number of fused-ring (bicyclic) bond motifs is 1. The highest BCUT2D eigenvalue weighted by molar-refractivity contribution is 5.96. The van der Waals surface area contributed by atoms with Crippen molar-refractivity contribution in [1.29, 1.82) is 0 Å². The molecule has 0 saturated carbocycles. The predicted octanol–water partition coefficient (Wildman–Crippen LogP) is 3.33. The Morgan fingerprint density at radius 2 is 1.96 bits per heavy atom. The summed E-state index contributed by atoms with van der Waals surface area (Å²) in [6, 6.07) is 13.8. The second-order valence-corrected chi connectivity index (χ2v) is 6.13. The number of halogens is 1. The molecule has 0 aliphatic carbocycles. The van der Waals surface area contributed by atoms with E-state index >= 15 is 0 Å². The topological polar surface area (TPSA) is 38.1 Å². The number of carbonyl (C=O) groups excluding carboxylic acids is 1. The molecule has 0 unspecified atom stereocenters. The molecule has 5 heteroatoms. The van der Waals surface area contributed by atoms with Crippen molar-refractivity contribution in [3.05, 3.63) is 60.2 Å².